The summed E-state index contributed by atoms with van der Waals surface area (Å²) in [6.45, 7) is 5.32. The van der Waals surface area contributed by atoms with Crippen molar-refractivity contribution in [3.8, 4) is 0 Å². The van der Waals surface area contributed by atoms with Gasteiger partial charge in [-0.15, -0.1) is 0 Å². The summed E-state index contributed by atoms with van der Waals surface area (Å²) >= 11 is 0. The lowest BCUT2D eigenvalue weighted by atomic mass is 10.1. The number of rotatable bonds is 4. The van der Waals surface area contributed by atoms with Crippen LogP contribution in [0.1, 0.15) is 26.3 Å². The molecule has 1 heterocycles. The van der Waals surface area contributed by atoms with E-state index in [2.05, 4.69) is 15.6 Å². The van der Waals surface area contributed by atoms with Crippen molar-refractivity contribution in [2.75, 3.05) is 7.05 Å². The van der Waals surface area contributed by atoms with Gasteiger partial charge in [-0.1, -0.05) is 18.2 Å². The van der Waals surface area contributed by atoms with Gasteiger partial charge in [0, 0.05) is 25.1 Å². The molecule has 0 bridgehead atoms. The number of carbonyl (C=O) groups excluding carboxylic acids is 2. The Kier molecular flexibility index (Phi) is 5.39. The summed E-state index contributed by atoms with van der Waals surface area (Å²) < 4.78 is 5.23. The second-order valence-corrected chi connectivity index (χ2v) is 6.55. The molecule has 1 aromatic carbocycles. The maximum atomic E-state index is 12.1. The van der Waals surface area contributed by atoms with E-state index in [1.165, 1.54) is 7.05 Å². The summed E-state index contributed by atoms with van der Waals surface area (Å²) in [5, 5.41) is 6.17. The van der Waals surface area contributed by atoms with E-state index in [-0.39, 0.29) is 5.91 Å². The maximum Gasteiger partial charge on any atom is 0.408 e. The second-order valence-electron chi connectivity index (χ2n) is 6.55. The highest BCUT2D eigenvalue weighted by atomic mass is 16.6. The van der Waals surface area contributed by atoms with Gasteiger partial charge in [-0.25, -0.2) is 4.79 Å². The molecule has 6 nitrogen and oxygen atoms in total. The van der Waals surface area contributed by atoms with Crippen LogP contribution in [-0.2, 0) is 16.0 Å². The van der Waals surface area contributed by atoms with Crippen LogP contribution in [0.3, 0.4) is 0 Å². The van der Waals surface area contributed by atoms with Crippen LogP contribution in [0.2, 0.25) is 0 Å². The summed E-state index contributed by atoms with van der Waals surface area (Å²) in [7, 11) is 1.53. The van der Waals surface area contributed by atoms with Gasteiger partial charge in [-0.05, 0) is 38.5 Å². The zero-order chi connectivity index (χ0) is 17.7. The number of carbonyl (C=O) groups is 2. The Morgan fingerprint density at radius 1 is 1.25 bits per heavy atom. The fraction of sp³-hybridized carbons (Fsp3) is 0.389. The molecule has 0 fully saturated rings. The number of fused-ring (bicyclic) bond motifs is 1. The third kappa shape index (κ3) is 4.94. The largest absolute Gasteiger partial charge is 0.444 e. The number of amides is 2. The first-order valence-electron chi connectivity index (χ1n) is 7.83. The number of pyridine rings is 1. The normalized spacial score (nSPS) is 12.5. The van der Waals surface area contributed by atoms with Crippen molar-refractivity contribution in [2.24, 2.45) is 0 Å². The van der Waals surface area contributed by atoms with Gasteiger partial charge in [-0.2, -0.15) is 0 Å². The molecule has 1 aromatic heterocycles. The van der Waals surface area contributed by atoms with Crippen molar-refractivity contribution in [2.45, 2.75) is 38.8 Å². The topological polar surface area (TPSA) is 80.3 Å². The van der Waals surface area contributed by atoms with Crippen molar-refractivity contribution in [3.05, 3.63) is 42.1 Å². The first kappa shape index (κ1) is 17.7. The standard InChI is InChI=1S/C18H23N3O3/c1-18(2,3)24-17(23)21-15(16(22)19-4)10-12-9-13-7-5-6-8-14(13)20-11-12/h5-9,11,15H,10H2,1-4H3,(H,19,22)(H,21,23)/t15-/m0/s1. The van der Waals surface area contributed by atoms with Crippen molar-refractivity contribution in [3.63, 3.8) is 0 Å². The smallest absolute Gasteiger partial charge is 0.408 e. The van der Waals surface area contributed by atoms with E-state index in [0.29, 0.717) is 6.42 Å². The van der Waals surface area contributed by atoms with Gasteiger partial charge in [0.05, 0.1) is 5.52 Å². The number of hydrogen-bond acceptors (Lipinski definition) is 4. The first-order valence-corrected chi connectivity index (χ1v) is 7.83. The van der Waals surface area contributed by atoms with E-state index >= 15 is 0 Å². The molecule has 0 saturated heterocycles. The van der Waals surface area contributed by atoms with Crippen molar-refractivity contribution in [1.29, 1.82) is 0 Å². The fourth-order valence-electron chi connectivity index (χ4n) is 2.30. The van der Waals surface area contributed by atoms with Crippen LogP contribution in [0.5, 0.6) is 0 Å². The zero-order valence-corrected chi connectivity index (χ0v) is 14.4. The molecule has 0 aliphatic heterocycles. The molecule has 2 amide bonds. The van der Waals surface area contributed by atoms with E-state index in [1.54, 1.807) is 27.0 Å². The molecule has 128 valence electrons. The first-order chi connectivity index (χ1) is 11.3. The molecule has 2 rings (SSSR count). The second kappa shape index (κ2) is 7.29. The monoisotopic (exact) mass is 329 g/mol. The molecule has 0 saturated carbocycles. The zero-order valence-electron chi connectivity index (χ0n) is 14.4. The molecule has 0 radical (unpaired) electrons. The molecule has 24 heavy (non-hydrogen) atoms. The van der Waals surface area contributed by atoms with Crippen molar-refractivity contribution >= 4 is 22.9 Å². The summed E-state index contributed by atoms with van der Waals surface area (Å²) in [6, 6.07) is 8.98. The predicted octanol–water partition coefficient (Wildman–Crippen LogP) is 2.42. The van der Waals surface area contributed by atoms with Crippen LogP contribution in [0.4, 0.5) is 4.79 Å². The van der Waals surface area contributed by atoms with Crippen molar-refractivity contribution in [1.82, 2.24) is 15.6 Å². The molecule has 0 aliphatic rings. The lowest BCUT2D eigenvalue weighted by Gasteiger charge is -2.23. The highest BCUT2D eigenvalue weighted by Gasteiger charge is 2.24. The summed E-state index contributed by atoms with van der Waals surface area (Å²) in [4.78, 5) is 28.4. The minimum Gasteiger partial charge on any atom is -0.444 e. The molecular weight excluding hydrogens is 306 g/mol. The van der Waals surface area contributed by atoms with Crippen LogP contribution >= 0.6 is 0 Å². The van der Waals surface area contributed by atoms with Gasteiger partial charge in [0.1, 0.15) is 11.6 Å². The van der Waals surface area contributed by atoms with Gasteiger partial charge < -0.3 is 15.4 Å². The van der Waals surface area contributed by atoms with Crippen LogP contribution in [0, 0.1) is 0 Å². The fourth-order valence-corrected chi connectivity index (χ4v) is 2.30. The summed E-state index contributed by atoms with van der Waals surface area (Å²) in [5.41, 5.74) is 1.12. The quantitative estimate of drug-likeness (QED) is 0.903. The number of ether oxygens (including phenoxy) is 1. The maximum absolute atomic E-state index is 12.1. The number of aromatic nitrogens is 1. The lowest BCUT2D eigenvalue weighted by Crippen LogP contribution is -2.48. The Labute approximate surface area is 141 Å². The SMILES string of the molecule is CNC(=O)[C@H](Cc1cnc2ccccc2c1)NC(=O)OC(C)(C)C. The van der Waals surface area contributed by atoms with E-state index in [1.807, 2.05) is 30.3 Å². The van der Waals surface area contributed by atoms with Gasteiger partial charge in [0.25, 0.3) is 0 Å². The minimum atomic E-state index is -0.729. The van der Waals surface area contributed by atoms with Crippen LogP contribution < -0.4 is 10.6 Å². The Hall–Kier alpha value is -2.63. The number of benzene rings is 1. The van der Waals surface area contributed by atoms with Gasteiger partial charge >= 0.3 is 6.09 Å². The van der Waals surface area contributed by atoms with Gasteiger partial charge in [0.2, 0.25) is 5.91 Å². The molecule has 0 spiro atoms. The number of nitrogens with one attached hydrogen (secondary N) is 2. The Morgan fingerprint density at radius 2 is 1.96 bits per heavy atom. The molecule has 2 aromatic rings. The average Bonchev–Trinajstić information content (AvgIpc) is 2.51. The van der Waals surface area contributed by atoms with E-state index in [4.69, 9.17) is 4.74 Å². The number of likely N-dealkylation sites (N-methyl/N-ethyl adjacent to an activating group) is 1. The van der Waals surface area contributed by atoms with Crippen LogP contribution in [0.25, 0.3) is 10.9 Å². The molecular formula is C18H23N3O3. The highest BCUT2D eigenvalue weighted by Crippen LogP contribution is 2.14. The minimum absolute atomic E-state index is 0.283. The Balaban J connectivity index is 2.15. The highest BCUT2D eigenvalue weighted by molar-refractivity contribution is 5.86. The summed E-state index contributed by atoms with van der Waals surface area (Å²) in [6.07, 6.45) is 1.43. The number of alkyl carbamates (subject to hydrolysis) is 1. The molecule has 2 N–H and O–H groups in total. The van der Waals surface area contributed by atoms with Crippen LogP contribution in [-0.4, -0.2) is 35.7 Å². The number of hydrogen-bond donors (Lipinski definition) is 2. The van der Waals surface area contributed by atoms with Crippen molar-refractivity contribution < 1.29 is 14.3 Å². The summed E-state index contributed by atoms with van der Waals surface area (Å²) in [5.74, 6) is -0.283. The molecule has 1 atom stereocenters. The van der Waals surface area contributed by atoms with E-state index in [0.717, 1.165) is 16.5 Å². The molecule has 0 aliphatic carbocycles. The van der Waals surface area contributed by atoms with Gasteiger partial charge in [0.15, 0.2) is 0 Å². The third-order valence-electron chi connectivity index (χ3n) is 3.34. The average molecular weight is 329 g/mol. The third-order valence-corrected chi connectivity index (χ3v) is 3.34. The van der Waals surface area contributed by atoms with Crippen LogP contribution in [0.15, 0.2) is 36.5 Å². The van der Waals surface area contributed by atoms with E-state index < -0.39 is 17.7 Å². The lowest BCUT2D eigenvalue weighted by molar-refractivity contribution is -0.122. The number of nitrogens with zero attached hydrogens (tertiary/aromatic N) is 1. The molecule has 0 unspecified atom stereocenters. The predicted molar refractivity (Wildman–Crippen MR) is 92.7 cm³/mol. The Bertz CT molecular complexity index is 738. The Morgan fingerprint density at radius 3 is 2.62 bits per heavy atom. The number of para-hydroxylation sites is 1. The molecule has 6 heteroatoms. The van der Waals surface area contributed by atoms with Gasteiger partial charge in [-0.3, -0.25) is 9.78 Å². The van der Waals surface area contributed by atoms with E-state index in [9.17, 15) is 9.59 Å².